The molecular weight excluding hydrogens is 316 g/mol. The summed E-state index contributed by atoms with van der Waals surface area (Å²) in [6, 6.07) is 16.9. The highest BCUT2D eigenvalue weighted by Crippen LogP contribution is 2.28. The van der Waals surface area contributed by atoms with Crippen LogP contribution in [0.3, 0.4) is 0 Å². The van der Waals surface area contributed by atoms with Crippen molar-refractivity contribution in [3.05, 3.63) is 70.7 Å². The summed E-state index contributed by atoms with van der Waals surface area (Å²) in [4.78, 5) is 7.31. The molecule has 1 aromatic heterocycles. The molecule has 0 fully saturated rings. The van der Waals surface area contributed by atoms with E-state index >= 15 is 0 Å². The van der Waals surface area contributed by atoms with Crippen molar-refractivity contribution in [2.75, 3.05) is 13.7 Å². The Morgan fingerprint density at radius 1 is 1.12 bits per heavy atom. The first-order chi connectivity index (χ1) is 11.8. The van der Waals surface area contributed by atoms with Crippen molar-refractivity contribution in [2.24, 2.45) is 0 Å². The minimum absolute atomic E-state index is 0.872. The van der Waals surface area contributed by atoms with Gasteiger partial charge in [-0.3, -0.25) is 4.90 Å². The third kappa shape index (κ3) is 3.21. The van der Waals surface area contributed by atoms with Gasteiger partial charge in [0.25, 0.3) is 0 Å². The van der Waals surface area contributed by atoms with Crippen LogP contribution in [0.15, 0.2) is 53.9 Å². The Morgan fingerprint density at radius 2 is 2.00 bits per heavy atom. The molecule has 0 N–H and O–H groups in total. The summed E-state index contributed by atoms with van der Waals surface area (Å²) in [6.45, 7) is 3.03. The fourth-order valence-corrected chi connectivity index (χ4v) is 3.99. The van der Waals surface area contributed by atoms with Gasteiger partial charge in [0.2, 0.25) is 0 Å². The zero-order chi connectivity index (χ0) is 16.4. The smallest absolute Gasteiger partial charge is 0.123 e. The lowest BCUT2D eigenvalue weighted by Crippen LogP contribution is -2.30. The van der Waals surface area contributed by atoms with Crippen LogP contribution in [0.1, 0.15) is 16.8 Å². The van der Waals surface area contributed by atoms with Gasteiger partial charge in [0.1, 0.15) is 10.8 Å². The van der Waals surface area contributed by atoms with Crippen molar-refractivity contribution in [1.82, 2.24) is 9.88 Å². The maximum absolute atomic E-state index is 5.31. The van der Waals surface area contributed by atoms with E-state index < -0.39 is 0 Å². The van der Waals surface area contributed by atoms with Crippen molar-refractivity contribution in [3.63, 3.8) is 0 Å². The summed E-state index contributed by atoms with van der Waals surface area (Å²) in [5.74, 6) is 0.872. The van der Waals surface area contributed by atoms with Crippen LogP contribution in [0.2, 0.25) is 0 Å². The highest BCUT2D eigenvalue weighted by atomic mass is 32.1. The molecule has 1 aliphatic heterocycles. The molecule has 2 aromatic carbocycles. The second-order valence-corrected chi connectivity index (χ2v) is 6.96. The molecule has 4 heteroatoms. The molecule has 0 spiro atoms. The lowest BCUT2D eigenvalue weighted by molar-refractivity contribution is 0.243. The quantitative estimate of drug-likeness (QED) is 0.707. The van der Waals surface area contributed by atoms with Gasteiger partial charge in [-0.15, -0.1) is 11.3 Å². The molecule has 0 atom stereocenters. The first kappa shape index (κ1) is 15.4. The van der Waals surface area contributed by atoms with E-state index in [1.165, 1.54) is 11.1 Å². The first-order valence-electron chi connectivity index (χ1n) is 8.20. The molecule has 0 amide bonds. The Hall–Kier alpha value is -2.17. The van der Waals surface area contributed by atoms with Gasteiger partial charge in [-0.25, -0.2) is 4.98 Å². The molecule has 0 aliphatic carbocycles. The van der Waals surface area contributed by atoms with E-state index in [2.05, 4.69) is 40.6 Å². The van der Waals surface area contributed by atoms with Crippen LogP contribution in [0.25, 0.3) is 10.6 Å². The third-order valence-corrected chi connectivity index (χ3v) is 5.40. The van der Waals surface area contributed by atoms with Crippen molar-refractivity contribution in [2.45, 2.75) is 19.5 Å². The number of thiazole rings is 1. The van der Waals surface area contributed by atoms with E-state index in [9.17, 15) is 0 Å². The van der Waals surface area contributed by atoms with Crippen LogP contribution in [-0.2, 0) is 19.5 Å². The number of hydrogen-bond acceptors (Lipinski definition) is 4. The standard InChI is InChI=1S/C20H20N2OS/c1-23-19-8-4-7-16(11-19)20-21-18(14-24-20)13-22-10-9-15-5-2-3-6-17(15)12-22/h2-8,11,14H,9-10,12-13H2,1H3. The third-order valence-electron chi connectivity index (χ3n) is 4.46. The second kappa shape index (κ2) is 6.75. The lowest BCUT2D eigenvalue weighted by Gasteiger charge is -2.27. The Bertz CT molecular complexity index is 843. The van der Waals surface area contributed by atoms with E-state index in [1.807, 2.05) is 18.2 Å². The molecule has 0 radical (unpaired) electrons. The van der Waals surface area contributed by atoms with E-state index in [0.29, 0.717) is 0 Å². The molecule has 4 rings (SSSR count). The van der Waals surface area contributed by atoms with E-state index in [-0.39, 0.29) is 0 Å². The van der Waals surface area contributed by atoms with Gasteiger partial charge in [-0.1, -0.05) is 36.4 Å². The Kier molecular flexibility index (Phi) is 4.32. The summed E-state index contributed by atoms with van der Waals surface area (Å²) in [5, 5.41) is 3.23. The van der Waals surface area contributed by atoms with E-state index in [0.717, 1.165) is 48.1 Å². The first-order valence-corrected chi connectivity index (χ1v) is 9.08. The van der Waals surface area contributed by atoms with Crippen LogP contribution in [0, 0.1) is 0 Å². The van der Waals surface area contributed by atoms with Crippen LogP contribution in [0.5, 0.6) is 5.75 Å². The molecular formula is C20H20N2OS. The number of hydrogen-bond donors (Lipinski definition) is 0. The van der Waals surface area contributed by atoms with Crippen molar-refractivity contribution >= 4 is 11.3 Å². The van der Waals surface area contributed by atoms with Crippen LogP contribution < -0.4 is 4.74 Å². The average Bonchev–Trinajstić information content (AvgIpc) is 3.10. The molecule has 122 valence electrons. The van der Waals surface area contributed by atoms with Crippen molar-refractivity contribution in [1.29, 1.82) is 0 Å². The highest BCUT2D eigenvalue weighted by molar-refractivity contribution is 7.13. The fourth-order valence-electron chi connectivity index (χ4n) is 3.19. The van der Waals surface area contributed by atoms with E-state index in [1.54, 1.807) is 18.4 Å². The van der Waals surface area contributed by atoms with Crippen molar-refractivity contribution in [3.8, 4) is 16.3 Å². The monoisotopic (exact) mass is 336 g/mol. The Labute approximate surface area is 146 Å². The second-order valence-electron chi connectivity index (χ2n) is 6.11. The molecule has 2 heterocycles. The number of methoxy groups -OCH3 is 1. The zero-order valence-electron chi connectivity index (χ0n) is 13.7. The highest BCUT2D eigenvalue weighted by Gasteiger charge is 2.17. The number of aromatic nitrogens is 1. The predicted octanol–water partition coefficient (Wildman–Crippen LogP) is 4.38. The fraction of sp³-hybridized carbons (Fsp3) is 0.250. The van der Waals surface area contributed by atoms with Gasteiger partial charge in [0.15, 0.2) is 0 Å². The zero-order valence-corrected chi connectivity index (χ0v) is 14.6. The van der Waals surface area contributed by atoms with Crippen molar-refractivity contribution < 1.29 is 4.74 Å². The molecule has 0 bridgehead atoms. The van der Waals surface area contributed by atoms with Gasteiger partial charge in [-0.2, -0.15) is 0 Å². The van der Waals surface area contributed by atoms with Crippen LogP contribution in [0.4, 0.5) is 0 Å². The summed E-state index contributed by atoms with van der Waals surface area (Å²) in [5.41, 5.74) is 5.21. The van der Waals surface area contributed by atoms with Gasteiger partial charge >= 0.3 is 0 Å². The largest absolute Gasteiger partial charge is 0.497 e. The number of ether oxygens (including phenoxy) is 1. The maximum atomic E-state index is 5.31. The molecule has 0 saturated carbocycles. The topological polar surface area (TPSA) is 25.4 Å². The Balaban J connectivity index is 1.48. The predicted molar refractivity (Wildman–Crippen MR) is 98.4 cm³/mol. The van der Waals surface area contributed by atoms with Crippen LogP contribution >= 0.6 is 11.3 Å². The van der Waals surface area contributed by atoms with Gasteiger partial charge in [0, 0.05) is 30.6 Å². The summed E-state index contributed by atoms with van der Waals surface area (Å²) < 4.78 is 5.31. The molecule has 3 nitrogen and oxygen atoms in total. The summed E-state index contributed by atoms with van der Waals surface area (Å²) >= 11 is 1.70. The minimum Gasteiger partial charge on any atom is -0.497 e. The summed E-state index contributed by atoms with van der Waals surface area (Å²) in [6.07, 6.45) is 1.13. The molecule has 24 heavy (non-hydrogen) atoms. The normalized spacial score (nSPS) is 14.4. The van der Waals surface area contributed by atoms with Crippen LogP contribution in [-0.4, -0.2) is 23.5 Å². The molecule has 0 saturated heterocycles. The number of nitrogens with zero attached hydrogens (tertiary/aromatic N) is 2. The van der Waals surface area contributed by atoms with Gasteiger partial charge in [0.05, 0.1) is 12.8 Å². The molecule has 1 aliphatic rings. The minimum atomic E-state index is 0.872. The molecule has 3 aromatic rings. The SMILES string of the molecule is COc1cccc(-c2nc(CN3CCc4ccccc4C3)cs2)c1. The number of benzene rings is 2. The lowest BCUT2D eigenvalue weighted by atomic mass is 10.00. The average molecular weight is 336 g/mol. The number of fused-ring (bicyclic) bond motifs is 1. The van der Waals surface area contributed by atoms with E-state index in [4.69, 9.17) is 9.72 Å². The number of rotatable bonds is 4. The summed E-state index contributed by atoms with van der Waals surface area (Å²) in [7, 11) is 1.70. The maximum Gasteiger partial charge on any atom is 0.123 e. The Morgan fingerprint density at radius 3 is 2.88 bits per heavy atom. The molecule has 0 unspecified atom stereocenters. The van der Waals surface area contributed by atoms with Gasteiger partial charge < -0.3 is 4.74 Å². The van der Waals surface area contributed by atoms with Gasteiger partial charge in [-0.05, 0) is 29.7 Å².